The van der Waals surface area contributed by atoms with E-state index in [0.29, 0.717) is 0 Å². The number of hydrogen-bond acceptors (Lipinski definition) is 6. The van der Waals surface area contributed by atoms with E-state index in [1.165, 1.54) is 0 Å². The molecule has 4 amide bonds. The zero-order chi connectivity index (χ0) is 15.1. The molecule has 1 saturated heterocycles. The van der Waals surface area contributed by atoms with Crippen LogP contribution in [-0.4, -0.2) is 60.3 Å². The maximum absolute atomic E-state index is 11.9. The van der Waals surface area contributed by atoms with Crippen LogP contribution in [0.1, 0.15) is 0 Å². The number of rotatable bonds is 2. The highest BCUT2D eigenvalue weighted by atomic mass is 32.1. The lowest BCUT2D eigenvalue weighted by atomic mass is 10.2. The molecule has 112 valence electrons. The van der Waals surface area contributed by atoms with Gasteiger partial charge in [0.1, 0.15) is 12.1 Å². The lowest BCUT2D eigenvalue weighted by molar-refractivity contribution is -0.133. The molecule has 0 aliphatic carbocycles. The van der Waals surface area contributed by atoms with E-state index in [2.05, 4.69) is 46.5 Å². The predicted molar refractivity (Wildman–Crippen MR) is 77.6 cm³/mol. The van der Waals surface area contributed by atoms with Gasteiger partial charge in [0, 0.05) is 11.5 Å². The topological polar surface area (TPSA) is 116 Å². The third kappa shape index (κ3) is 4.93. The summed E-state index contributed by atoms with van der Waals surface area (Å²) in [4.78, 5) is 46.6. The molecule has 1 heterocycles. The fourth-order valence-corrected chi connectivity index (χ4v) is 1.95. The number of carbonyl (C=O) groups is 4. The molecule has 0 spiro atoms. The van der Waals surface area contributed by atoms with Gasteiger partial charge in [0.15, 0.2) is 0 Å². The summed E-state index contributed by atoms with van der Waals surface area (Å²) in [7, 11) is 0. The van der Waals surface area contributed by atoms with Gasteiger partial charge in [-0.05, 0) is 0 Å². The van der Waals surface area contributed by atoms with Crippen LogP contribution in [0.25, 0.3) is 0 Å². The summed E-state index contributed by atoms with van der Waals surface area (Å²) in [5.74, 6) is -1.94. The maximum atomic E-state index is 11.9. The van der Waals surface area contributed by atoms with E-state index in [9.17, 15) is 19.2 Å². The Morgan fingerprint density at radius 2 is 1.35 bits per heavy atom. The molecule has 1 aliphatic rings. The number of amides is 4. The van der Waals surface area contributed by atoms with Gasteiger partial charge in [0.05, 0.1) is 13.1 Å². The minimum Gasteiger partial charge on any atom is -0.346 e. The second-order valence-electron chi connectivity index (χ2n) is 4.04. The van der Waals surface area contributed by atoms with Gasteiger partial charge in [-0.15, -0.1) is 0 Å². The summed E-state index contributed by atoms with van der Waals surface area (Å²) < 4.78 is 0. The van der Waals surface area contributed by atoms with Crippen LogP contribution in [0.2, 0.25) is 0 Å². The highest BCUT2D eigenvalue weighted by Gasteiger charge is 2.26. The van der Waals surface area contributed by atoms with Gasteiger partial charge in [-0.2, -0.15) is 25.3 Å². The van der Waals surface area contributed by atoms with Crippen molar-refractivity contribution in [1.29, 1.82) is 0 Å². The number of carbonyl (C=O) groups excluding carboxylic acids is 4. The monoisotopic (exact) mass is 320 g/mol. The van der Waals surface area contributed by atoms with Crippen LogP contribution in [0.3, 0.4) is 0 Å². The van der Waals surface area contributed by atoms with E-state index in [1.54, 1.807) is 0 Å². The molecule has 0 saturated carbocycles. The average molecular weight is 320 g/mol. The first-order valence-corrected chi connectivity index (χ1v) is 7.10. The largest absolute Gasteiger partial charge is 0.346 e. The second-order valence-corrected chi connectivity index (χ2v) is 4.77. The van der Waals surface area contributed by atoms with Gasteiger partial charge in [-0.3, -0.25) is 19.2 Å². The first-order chi connectivity index (χ1) is 9.47. The van der Waals surface area contributed by atoms with Crippen molar-refractivity contribution in [1.82, 2.24) is 21.3 Å². The van der Waals surface area contributed by atoms with Crippen LogP contribution in [0.4, 0.5) is 0 Å². The fourth-order valence-electron chi connectivity index (χ4n) is 1.44. The highest BCUT2D eigenvalue weighted by Crippen LogP contribution is 1.95. The van der Waals surface area contributed by atoms with Gasteiger partial charge < -0.3 is 21.3 Å². The smallest absolute Gasteiger partial charge is 0.244 e. The zero-order valence-corrected chi connectivity index (χ0v) is 12.3. The van der Waals surface area contributed by atoms with Gasteiger partial charge in [-0.1, -0.05) is 0 Å². The average Bonchev–Trinajstić information content (AvgIpc) is 2.44. The standard InChI is InChI=1S/C10H16N4O4S2/c15-7-1-12-9(17)5(3-19)14-10(18)6(4-20)13-8(16)2-11-7/h5-6,19-20H,1-4H2,(H,11,15)(H,12,17)(H,13,16)(H,14,18)/t5-,6-/m1/s1. The van der Waals surface area contributed by atoms with Crippen molar-refractivity contribution in [3.8, 4) is 0 Å². The van der Waals surface area contributed by atoms with Crippen LogP contribution in [0.15, 0.2) is 0 Å². The molecule has 4 N–H and O–H groups in total. The molecule has 1 aliphatic heterocycles. The van der Waals surface area contributed by atoms with Crippen LogP contribution in [0.5, 0.6) is 0 Å². The molecule has 0 aromatic rings. The van der Waals surface area contributed by atoms with E-state index in [0.717, 1.165) is 0 Å². The van der Waals surface area contributed by atoms with Crippen molar-refractivity contribution >= 4 is 48.9 Å². The minimum absolute atomic E-state index is 0.0619. The summed E-state index contributed by atoms with van der Waals surface area (Å²) in [6.45, 7) is -0.551. The molecular formula is C10H16N4O4S2. The lowest BCUT2D eigenvalue weighted by Crippen LogP contribution is -2.57. The number of hydrogen-bond donors (Lipinski definition) is 6. The Morgan fingerprint density at radius 3 is 1.95 bits per heavy atom. The summed E-state index contributed by atoms with van der Waals surface area (Å²) in [6.07, 6.45) is 0. The third-order valence-corrected chi connectivity index (χ3v) is 3.25. The predicted octanol–water partition coefficient (Wildman–Crippen LogP) is -2.94. The SMILES string of the molecule is O=C1CNC(=O)[C@@H](CS)NC(=O)[C@@H](CS)NC(=O)CN1. The van der Waals surface area contributed by atoms with Crippen LogP contribution < -0.4 is 21.3 Å². The van der Waals surface area contributed by atoms with E-state index < -0.39 is 35.7 Å². The first-order valence-electron chi connectivity index (χ1n) is 5.83. The third-order valence-electron chi connectivity index (χ3n) is 2.52. The maximum Gasteiger partial charge on any atom is 0.244 e. The van der Waals surface area contributed by atoms with Crippen molar-refractivity contribution < 1.29 is 19.2 Å². The Hall–Kier alpha value is -1.42. The normalized spacial score (nSPS) is 25.5. The molecule has 0 aromatic carbocycles. The molecule has 10 heteroatoms. The van der Waals surface area contributed by atoms with Crippen molar-refractivity contribution in [3.63, 3.8) is 0 Å². The molecule has 0 bridgehead atoms. The van der Waals surface area contributed by atoms with E-state index >= 15 is 0 Å². The van der Waals surface area contributed by atoms with Gasteiger partial charge in [-0.25, -0.2) is 0 Å². The minimum atomic E-state index is -0.891. The lowest BCUT2D eigenvalue weighted by Gasteiger charge is -2.22. The number of nitrogens with one attached hydrogen (secondary N) is 4. The molecule has 1 rings (SSSR count). The van der Waals surface area contributed by atoms with Gasteiger partial charge in [0.25, 0.3) is 0 Å². The first kappa shape index (κ1) is 16.6. The molecule has 8 nitrogen and oxygen atoms in total. The Morgan fingerprint density at radius 1 is 0.800 bits per heavy atom. The molecule has 0 radical (unpaired) electrons. The van der Waals surface area contributed by atoms with Crippen LogP contribution in [0, 0.1) is 0 Å². The van der Waals surface area contributed by atoms with Crippen molar-refractivity contribution in [2.75, 3.05) is 24.6 Å². The Labute approximate surface area is 126 Å². The summed E-state index contributed by atoms with van der Waals surface area (Å²) >= 11 is 7.95. The zero-order valence-electron chi connectivity index (χ0n) is 10.5. The quantitative estimate of drug-likeness (QED) is 0.305. The second kappa shape index (κ2) is 8.00. The molecule has 0 unspecified atom stereocenters. The molecule has 20 heavy (non-hydrogen) atoms. The Balaban J connectivity index is 2.85. The van der Waals surface area contributed by atoms with Gasteiger partial charge >= 0.3 is 0 Å². The van der Waals surface area contributed by atoms with Crippen molar-refractivity contribution in [2.24, 2.45) is 0 Å². The van der Waals surface area contributed by atoms with E-state index in [-0.39, 0.29) is 24.6 Å². The molecule has 1 fully saturated rings. The van der Waals surface area contributed by atoms with Crippen molar-refractivity contribution in [3.05, 3.63) is 0 Å². The molecule has 2 atom stereocenters. The van der Waals surface area contributed by atoms with Gasteiger partial charge in [0.2, 0.25) is 23.6 Å². The summed E-state index contributed by atoms with van der Waals surface area (Å²) in [5.41, 5.74) is 0. The molecular weight excluding hydrogens is 304 g/mol. The Kier molecular flexibility index (Phi) is 6.65. The summed E-state index contributed by atoms with van der Waals surface area (Å²) in [6, 6.07) is -1.78. The van der Waals surface area contributed by atoms with E-state index in [4.69, 9.17) is 0 Å². The van der Waals surface area contributed by atoms with Crippen molar-refractivity contribution in [2.45, 2.75) is 12.1 Å². The van der Waals surface area contributed by atoms with Crippen LogP contribution >= 0.6 is 25.3 Å². The fraction of sp³-hybridized carbons (Fsp3) is 0.600. The van der Waals surface area contributed by atoms with Crippen LogP contribution in [-0.2, 0) is 19.2 Å². The van der Waals surface area contributed by atoms with E-state index in [1.807, 2.05) is 0 Å². The summed E-state index contributed by atoms with van der Waals surface area (Å²) in [5, 5.41) is 9.54. The molecule has 0 aromatic heterocycles. The highest BCUT2D eigenvalue weighted by molar-refractivity contribution is 7.80. The Bertz CT molecular complexity index is 416. The number of thiol groups is 2.